The summed E-state index contributed by atoms with van der Waals surface area (Å²) in [4.78, 5) is 4.75. The molecule has 32 heavy (non-hydrogen) atoms. The lowest BCUT2D eigenvalue weighted by Gasteiger charge is -2.27. The Labute approximate surface area is 192 Å². The number of hydrogen-bond acceptors (Lipinski definition) is 6. The molecule has 1 aromatic heterocycles. The summed E-state index contributed by atoms with van der Waals surface area (Å²) in [6.45, 7) is 8.82. The van der Waals surface area contributed by atoms with Crippen molar-refractivity contribution >= 4 is 0 Å². The molecule has 0 radical (unpaired) electrons. The molecule has 0 unspecified atom stereocenters. The van der Waals surface area contributed by atoms with E-state index in [1.54, 1.807) is 7.11 Å². The number of methoxy groups -OCH3 is 1. The number of ether oxygens (including phenoxy) is 2. The highest BCUT2D eigenvalue weighted by Crippen LogP contribution is 2.29. The molecule has 1 atom stereocenters. The number of hydrogen-bond donors (Lipinski definition) is 1. The zero-order valence-electron chi connectivity index (χ0n) is 19.8. The largest absolute Gasteiger partial charge is 0.493 e. The molecule has 0 spiro atoms. The topological polar surface area (TPSA) is 63.0 Å². The van der Waals surface area contributed by atoms with Crippen molar-refractivity contribution in [1.29, 1.82) is 0 Å². The van der Waals surface area contributed by atoms with Crippen molar-refractivity contribution in [2.45, 2.75) is 58.2 Å². The van der Waals surface area contributed by atoms with E-state index >= 15 is 0 Å². The van der Waals surface area contributed by atoms with Crippen LogP contribution in [0.15, 0.2) is 36.7 Å². The Morgan fingerprint density at radius 1 is 1.12 bits per heavy atom. The van der Waals surface area contributed by atoms with Crippen molar-refractivity contribution in [2.75, 3.05) is 46.4 Å². The highest BCUT2D eigenvalue weighted by molar-refractivity contribution is 5.43. The number of likely N-dealkylation sites (tertiary alicyclic amines) is 1. The summed E-state index contributed by atoms with van der Waals surface area (Å²) in [6, 6.07) is 8.03. The van der Waals surface area contributed by atoms with Crippen molar-refractivity contribution in [3.05, 3.63) is 42.2 Å². The SMILES string of the molecule is CCN(CCn1cccn1)Cc1ccc(OC)c(OC[C@H](O)CN2CCCCCCC2)c1. The first-order valence-electron chi connectivity index (χ1n) is 12.1. The normalized spacial score (nSPS) is 16.5. The Bertz CT molecular complexity index is 761. The van der Waals surface area contributed by atoms with Crippen LogP contribution in [-0.2, 0) is 13.1 Å². The maximum atomic E-state index is 10.6. The lowest BCUT2D eigenvalue weighted by Crippen LogP contribution is -2.37. The third kappa shape index (κ3) is 8.11. The van der Waals surface area contributed by atoms with Gasteiger partial charge in [0.05, 0.1) is 13.7 Å². The fraction of sp³-hybridized carbons (Fsp3) is 0.640. The van der Waals surface area contributed by atoms with E-state index in [2.05, 4.69) is 27.9 Å². The smallest absolute Gasteiger partial charge is 0.161 e. The van der Waals surface area contributed by atoms with Gasteiger partial charge in [-0.25, -0.2) is 0 Å². The van der Waals surface area contributed by atoms with Crippen molar-refractivity contribution < 1.29 is 14.6 Å². The van der Waals surface area contributed by atoms with Gasteiger partial charge in [0.1, 0.15) is 12.7 Å². The van der Waals surface area contributed by atoms with Gasteiger partial charge in [0.15, 0.2) is 11.5 Å². The lowest BCUT2D eigenvalue weighted by molar-refractivity contribution is 0.0644. The van der Waals surface area contributed by atoms with Crippen LogP contribution in [0.4, 0.5) is 0 Å². The van der Waals surface area contributed by atoms with E-state index in [0.29, 0.717) is 18.0 Å². The highest BCUT2D eigenvalue weighted by atomic mass is 16.5. The molecule has 0 bridgehead atoms. The fourth-order valence-corrected chi connectivity index (χ4v) is 4.25. The van der Waals surface area contributed by atoms with Crippen LogP contribution < -0.4 is 9.47 Å². The first-order chi connectivity index (χ1) is 15.7. The molecule has 0 saturated carbocycles. The predicted octanol–water partition coefficient (Wildman–Crippen LogP) is 3.42. The van der Waals surface area contributed by atoms with Gasteiger partial charge >= 0.3 is 0 Å². The molecule has 1 saturated heterocycles. The molecular formula is C25H40N4O3. The molecule has 178 valence electrons. The van der Waals surface area contributed by atoms with E-state index in [-0.39, 0.29) is 6.61 Å². The second-order valence-electron chi connectivity index (χ2n) is 8.66. The molecule has 3 rings (SSSR count). The van der Waals surface area contributed by atoms with E-state index in [0.717, 1.165) is 39.3 Å². The third-order valence-corrected chi connectivity index (χ3v) is 6.13. The number of aliphatic hydroxyl groups excluding tert-OH is 1. The average Bonchev–Trinajstić information content (AvgIpc) is 3.30. The van der Waals surface area contributed by atoms with Crippen LogP contribution in [-0.4, -0.2) is 77.2 Å². The van der Waals surface area contributed by atoms with Gasteiger partial charge in [0.2, 0.25) is 0 Å². The van der Waals surface area contributed by atoms with Crippen molar-refractivity contribution in [3.63, 3.8) is 0 Å². The van der Waals surface area contributed by atoms with E-state index < -0.39 is 6.10 Å². The van der Waals surface area contributed by atoms with E-state index in [4.69, 9.17) is 9.47 Å². The molecule has 1 aliphatic heterocycles. The van der Waals surface area contributed by atoms with Gasteiger partial charge in [-0.15, -0.1) is 0 Å². The Morgan fingerprint density at radius 3 is 2.59 bits per heavy atom. The van der Waals surface area contributed by atoms with E-state index in [9.17, 15) is 5.11 Å². The number of aromatic nitrogens is 2. The standard InChI is InChI=1S/C25H40N4O3/c1-3-27(16-17-29-15-9-12-26-29)19-22-10-11-24(31-2)25(18-22)32-21-23(30)20-28-13-7-5-4-6-8-14-28/h9-12,15,18,23,30H,3-8,13-14,16-17,19-21H2,1-2H3/t23-/m1/s1. The monoisotopic (exact) mass is 444 g/mol. The molecule has 1 N–H and O–H groups in total. The third-order valence-electron chi connectivity index (χ3n) is 6.13. The maximum Gasteiger partial charge on any atom is 0.161 e. The minimum Gasteiger partial charge on any atom is -0.493 e. The second kappa shape index (κ2) is 13.5. The van der Waals surface area contributed by atoms with Gasteiger partial charge in [0.25, 0.3) is 0 Å². The van der Waals surface area contributed by atoms with Gasteiger partial charge in [-0.3, -0.25) is 9.58 Å². The van der Waals surface area contributed by atoms with Gasteiger partial charge in [-0.05, 0) is 56.2 Å². The predicted molar refractivity (Wildman–Crippen MR) is 127 cm³/mol. The Kier molecular flexibility index (Phi) is 10.3. The molecule has 1 aliphatic rings. The van der Waals surface area contributed by atoms with Crippen LogP contribution in [0.2, 0.25) is 0 Å². The van der Waals surface area contributed by atoms with Crippen LogP contribution in [0.5, 0.6) is 11.5 Å². The number of rotatable bonds is 12. The Morgan fingerprint density at radius 2 is 1.91 bits per heavy atom. The van der Waals surface area contributed by atoms with Crippen LogP contribution in [0.1, 0.15) is 44.6 Å². The molecule has 7 nitrogen and oxygen atoms in total. The number of benzene rings is 1. The second-order valence-corrected chi connectivity index (χ2v) is 8.66. The minimum atomic E-state index is -0.510. The van der Waals surface area contributed by atoms with Crippen LogP contribution >= 0.6 is 0 Å². The summed E-state index contributed by atoms with van der Waals surface area (Å²) in [7, 11) is 1.65. The van der Waals surface area contributed by atoms with Crippen LogP contribution in [0.25, 0.3) is 0 Å². The first-order valence-corrected chi connectivity index (χ1v) is 12.1. The van der Waals surface area contributed by atoms with Crippen molar-refractivity contribution in [1.82, 2.24) is 19.6 Å². The lowest BCUT2D eigenvalue weighted by atomic mass is 10.1. The summed E-state index contributed by atoms with van der Waals surface area (Å²) < 4.78 is 13.5. The van der Waals surface area contributed by atoms with E-state index in [1.165, 1.54) is 37.7 Å². The number of likely N-dealkylation sites (N-methyl/N-ethyl adjacent to an activating group) is 1. The molecule has 7 heteroatoms. The van der Waals surface area contributed by atoms with Crippen molar-refractivity contribution in [2.24, 2.45) is 0 Å². The Balaban J connectivity index is 1.52. The molecule has 0 aliphatic carbocycles. The molecular weight excluding hydrogens is 404 g/mol. The molecule has 1 fully saturated rings. The number of β-amino-alcohol motifs (C(OH)–C–C–N with tert-alkyl or cyclic N) is 1. The summed E-state index contributed by atoms with van der Waals surface area (Å²) in [5.74, 6) is 1.40. The maximum absolute atomic E-state index is 10.6. The van der Waals surface area contributed by atoms with Gasteiger partial charge < -0.3 is 19.5 Å². The minimum absolute atomic E-state index is 0.271. The van der Waals surface area contributed by atoms with Crippen molar-refractivity contribution in [3.8, 4) is 11.5 Å². The van der Waals surface area contributed by atoms with Gasteiger partial charge in [0, 0.05) is 32.0 Å². The zero-order valence-corrected chi connectivity index (χ0v) is 19.8. The highest BCUT2D eigenvalue weighted by Gasteiger charge is 2.15. The zero-order chi connectivity index (χ0) is 22.6. The average molecular weight is 445 g/mol. The first kappa shape index (κ1) is 24.6. The molecule has 1 aromatic carbocycles. The summed E-state index contributed by atoms with van der Waals surface area (Å²) >= 11 is 0. The number of aliphatic hydroxyl groups is 1. The number of nitrogens with zero attached hydrogens (tertiary/aromatic N) is 4. The van der Waals surface area contributed by atoms with E-state index in [1.807, 2.05) is 35.3 Å². The van der Waals surface area contributed by atoms with Gasteiger partial charge in [-0.1, -0.05) is 32.3 Å². The van der Waals surface area contributed by atoms with Crippen LogP contribution in [0, 0.1) is 0 Å². The fourth-order valence-electron chi connectivity index (χ4n) is 4.25. The molecule has 0 amide bonds. The van der Waals surface area contributed by atoms with Crippen LogP contribution in [0.3, 0.4) is 0 Å². The summed E-state index contributed by atoms with van der Waals surface area (Å²) in [6.07, 6.45) is 9.67. The quantitative estimate of drug-likeness (QED) is 0.541. The Hall–Kier alpha value is -2.09. The summed E-state index contributed by atoms with van der Waals surface area (Å²) in [5.41, 5.74) is 1.17. The molecule has 2 heterocycles. The molecule has 2 aromatic rings. The van der Waals surface area contributed by atoms with Gasteiger partial charge in [-0.2, -0.15) is 5.10 Å². The summed E-state index contributed by atoms with van der Waals surface area (Å²) in [5, 5.41) is 14.9.